The van der Waals surface area contributed by atoms with Crippen molar-refractivity contribution in [2.45, 2.75) is 6.42 Å². The van der Waals surface area contributed by atoms with E-state index >= 15 is 0 Å². The summed E-state index contributed by atoms with van der Waals surface area (Å²) < 4.78 is 0. The molecular formula is C9H18N2O2. The van der Waals surface area contributed by atoms with E-state index in [1.165, 1.54) is 0 Å². The standard InChI is InChI=1S/C9H18N2O2/c1-10(2)9(13)6-11-4-3-8(5-11)7-12/h8,12H,3-7H2,1-2H3. The van der Waals surface area contributed by atoms with Crippen LogP contribution < -0.4 is 0 Å². The summed E-state index contributed by atoms with van der Waals surface area (Å²) in [7, 11) is 3.53. The molecule has 0 aliphatic carbocycles. The Kier molecular flexibility index (Phi) is 3.69. The highest BCUT2D eigenvalue weighted by atomic mass is 16.3. The number of likely N-dealkylation sites (tertiary alicyclic amines) is 1. The second-order valence-electron chi connectivity index (χ2n) is 3.86. The number of hydrogen-bond donors (Lipinski definition) is 1. The molecule has 1 saturated heterocycles. The number of aliphatic hydroxyl groups excluding tert-OH is 1. The van der Waals surface area contributed by atoms with Gasteiger partial charge >= 0.3 is 0 Å². The van der Waals surface area contributed by atoms with Crippen molar-refractivity contribution in [2.75, 3.05) is 40.3 Å². The molecule has 0 aromatic carbocycles. The van der Waals surface area contributed by atoms with E-state index in [4.69, 9.17) is 5.11 Å². The Morgan fingerprint density at radius 3 is 2.77 bits per heavy atom. The van der Waals surface area contributed by atoms with Gasteiger partial charge in [0, 0.05) is 27.2 Å². The van der Waals surface area contributed by atoms with Crippen molar-refractivity contribution in [2.24, 2.45) is 5.92 Å². The largest absolute Gasteiger partial charge is 0.396 e. The van der Waals surface area contributed by atoms with Gasteiger partial charge in [-0.2, -0.15) is 0 Å². The Morgan fingerprint density at radius 2 is 2.31 bits per heavy atom. The van der Waals surface area contributed by atoms with E-state index in [-0.39, 0.29) is 12.5 Å². The van der Waals surface area contributed by atoms with Gasteiger partial charge < -0.3 is 10.0 Å². The quantitative estimate of drug-likeness (QED) is 0.639. The number of amides is 1. The van der Waals surface area contributed by atoms with Crippen molar-refractivity contribution < 1.29 is 9.90 Å². The molecule has 0 bridgehead atoms. The first-order chi connectivity index (χ1) is 6.13. The lowest BCUT2D eigenvalue weighted by Crippen LogP contribution is -2.35. The SMILES string of the molecule is CN(C)C(=O)CN1CCC(CO)C1. The fourth-order valence-electron chi connectivity index (χ4n) is 1.54. The van der Waals surface area contributed by atoms with E-state index in [1.54, 1.807) is 19.0 Å². The molecule has 1 amide bonds. The number of likely N-dealkylation sites (N-methyl/N-ethyl adjacent to an activating group) is 1. The molecule has 4 nitrogen and oxygen atoms in total. The third-order valence-corrected chi connectivity index (χ3v) is 2.49. The van der Waals surface area contributed by atoms with Crippen LogP contribution in [-0.4, -0.2) is 61.2 Å². The van der Waals surface area contributed by atoms with Gasteiger partial charge in [-0.1, -0.05) is 0 Å². The van der Waals surface area contributed by atoms with Crippen LogP contribution in [-0.2, 0) is 4.79 Å². The van der Waals surface area contributed by atoms with Crippen LogP contribution in [0.1, 0.15) is 6.42 Å². The molecule has 76 valence electrons. The zero-order chi connectivity index (χ0) is 9.84. The first-order valence-corrected chi connectivity index (χ1v) is 4.67. The number of nitrogens with zero attached hydrogens (tertiary/aromatic N) is 2. The first kappa shape index (κ1) is 10.5. The predicted octanol–water partition coefficient (Wildman–Crippen LogP) is -0.611. The van der Waals surface area contributed by atoms with Crippen molar-refractivity contribution in [3.8, 4) is 0 Å². The Hall–Kier alpha value is -0.610. The van der Waals surface area contributed by atoms with Crippen molar-refractivity contribution in [3.63, 3.8) is 0 Å². The summed E-state index contributed by atoms with van der Waals surface area (Å²) in [5.41, 5.74) is 0. The van der Waals surface area contributed by atoms with E-state index < -0.39 is 0 Å². The van der Waals surface area contributed by atoms with Crippen molar-refractivity contribution >= 4 is 5.91 Å². The fourth-order valence-corrected chi connectivity index (χ4v) is 1.54. The van der Waals surface area contributed by atoms with Crippen LogP contribution in [0.5, 0.6) is 0 Å². The molecular weight excluding hydrogens is 168 g/mol. The van der Waals surface area contributed by atoms with Gasteiger partial charge in [-0.3, -0.25) is 9.69 Å². The summed E-state index contributed by atoms with van der Waals surface area (Å²) >= 11 is 0. The van der Waals surface area contributed by atoms with Crippen molar-refractivity contribution in [1.29, 1.82) is 0 Å². The highest BCUT2D eigenvalue weighted by Crippen LogP contribution is 2.14. The smallest absolute Gasteiger partial charge is 0.236 e. The molecule has 0 spiro atoms. The third kappa shape index (κ3) is 2.97. The van der Waals surface area contributed by atoms with Crippen LogP contribution in [0, 0.1) is 5.92 Å². The molecule has 1 atom stereocenters. The zero-order valence-electron chi connectivity index (χ0n) is 8.36. The molecule has 1 aliphatic heterocycles. The molecule has 0 saturated carbocycles. The van der Waals surface area contributed by atoms with E-state index in [0.29, 0.717) is 12.5 Å². The Balaban J connectivity index is 2.28. The van der Waals surface area contributed by atoms with Crippen LogP contribution in [0.2, 0.25) is 0 Å². The second kappa shape index (κ2) is 4.58. The maximum Gasteiger partial charge on any atom is 0.236 e. The second-order valence-corrected chi connectivity index (χ2v) is 3.86. The summed E-state index contributed by atoms with van der Waals surface area (Å²) in [6, 6.07) is 0. The molecule has 1 heterocycles. The maximum absolute atomic E-state index is 11.3. The predicted molar refractivity (Wildman–Crippen MR) is 50.3 cm³/mol. The number of rotatable bonds is 3. The van der Waals surface area contributed by atoms with Gasteiger partial charge in [0.25, 0.3) is 0 Å². The van der Waals surface area contributed by atoms with E-state index in [9.17, 15) is 4.79 Å². The molecule has 1 aliphatic rings. The van der Waals surface area contributed by atoms with Crippen LogP contribution in [0.3, 0.4) is 0 Å². The van der Waals surface area contributed by atoms with Gasteiger partial charge in [0.1, 0.15) is 0 Å². The lowest BCUT2D eigenvalue weighted by molar-refractivity contribution is -0.129. The monoisotopic (exact) mass is 186 g/mol. The maximum atomic E-state index is 11.3. The Morgan fingerprint density at radius 1 is 1.62 bits per heavy atom. The summed E-state index contributed by atoms with van der Waals surface area (Å²) in [5, 5.41) is 8.91. The molecule has 1 rings (SSSR count). The van der Waals surface area contributed by atoms with Gasteiger partial charge in [0.2, 0.25) is 5.91 Å². The van der Waals surface area contributed by atoms with Gasteiger partial charge in [-0.25, -0.2) is 0 Å². The lowest BCUT2D eigenvalue weighted by atomic mass is 10.1. The third-order valence-electron chi connectivity index (χ3n) is 2.49. The summed E-state index contributed by atoms with van der Waals surface area (Å²) in [4.78, 5) is 15.0. The van der Waals surface area contributed by atoms with E-state index in [1.807, 2.05) is 0 Å². The van der Waals surface area contributed by atoms with Gasteiger partial charge in [-0.15, -0.1) is 0 Å². The molecule has 0 radical (unpaired) electrons. The summed E-state index contributed by atoms with van der Waals surface area (Å²) in [6.07, 6.45) is 1.01. The molecule has 1 unspecified atom stereocenters. The molecule has 13 heavy (non-hydrogen) atoms. The van der Waals surface area contributed by atoms with Gasteiger partial charge in [-0.05, 0) is 18.9 Å². The van der Waals surface area contributed by atoms with Crippen LogP contribution >= 0.6 is 0 Å². The normalized spacial score (nSPS) is 23.5. The number of carbonyl (C=O) groups excluding carboxylic acids is 1. The number of aliphatic hydroxyl groups is 1. The zero-order valence-corrected chi connectivity index (χ0v) is 8.36. The topological polar surface area (TPSA) is 43.8 Å². The number of hydrogen-bond acceptors (Lipinski definition) is 3. The van der Waals surface area contributed by atoms with E-state index in [0.717, 1.165) is 19.5 Å². The molecule has 0 aromatic heterocycles. The Labute approximate surface area is 79.1 Å². The average molecular weight is 186 g/mol. The lowest BCUT2D eigenvalue weighted by Gasteiger charge is -2.17. The molecule has 1 N–H and O–H groups in total. The molecule has 1 fully saturated rings. The highest BCUT2D eigenvalue weighted by Gasteiger charge is 2.23. The van der Waals surface area contributed by atoms with E-state index in [2.05, 4.69) is 4.90 Å². The minimum absolute atomic E-state index is 0.138. The van der Waals surface area contributed by atoms with Gasteiger partial charge in [0.15, 0.2) is 0 Å². The number of carbonyl (C=O) groups is 1. The van der Waals surface area contributed by atoms with Crippen molar-refractivity contribution in [3.05, 3.63) is 0 Å². The fraction of sp³-hybridized carbons (Fsp3) is 0.889. The minimum atomic E-state index is 0.138. The highest BCUT2D eigenvalue weighted by molar-refractivity contribution is 5.77. The molecule has 4 heteroatoms. The minimum Gasteiger partial charge on any atom is -0.396 e. The van der Waals surface area contributed by atoms with Crippen LogP contribution in [0.15, 0.2) is 0 Å². The van der Waals surface area contributed by atoms with Crippen molar-refractivity contribution in [1.82, 2.24) is 9.80 Å². The van der Waals surface area contributed by atoms with Crippen LogP contribution in [0.25, 0.3) is 0 Å². The molecule has 0 aromatic rings. The Bertz CT molecular complexity index is 182. The van der Waals surface area contributed by atoms with Crippen LogP contribution in [0.4, 0.5) is 0 Å². The first-order valence-electron chi connectivity index (χ1n) is 4.67. The average Bonchev–Trinajstić information content (AvgIpc) is 2.52. The van der Waals surface area contributed by atoms with Gasteiger partial charge in [0.05, 0.1) is 6.54 Å². The summed E-state index contributed by atoms with van der Waals surface area (Å²) in [6.45, 7) is 2.52. The summed E-state index contributed by atoms with van der Waals surface area (Å²) in [5.74, 6) is 0.508.